The van der Waals surface area contributed by atoms with Crippen molar-refractivity contribution in [1.29, 1.82) is 0 Å². The van der Waals surface area contributed by atoms with Crippen LogP contribution in [0.15, 0.2) is 55.1 Å². The molecule has 2 saturated heterocycles. The molecule has 0 saturated carbocycles. The number of rotatable bonds is 5. The van der Waals surface area contributed by atoms with Gasteiger partial charge < -0.3 is 29.9 Å². The minimum atomic E-state index is 0.876. The number of aromatic amines is 1. The molecule has 4 aromatic rings. The zero-order valence-electron chi connectivity index (χ0n) is 21.0. The predicted octanol–water partition coefficient (Wildman–Crippen LogP) is 3.27. The van der Waals surface area contributed by atoms with E-state index in [2.05, 4.69) is 83.2 Å². The molecule has 0 bridgehead atoms. The number of H-pyrrole nitrogens is 1. The van der Waals surface area contributed by atoms with Crippen LogP contribution in [0.4, 0.5) is 23.0 Å². The van der Waals surface area contributed by atoms with Crippen molar-refractivity contribution in [2.24, 2.45) is 0 Å². The quantitative estimate of drug-likeness (QED) is 0.448. The number of anilines is 4. The van der Waals surface area contributed by atoms with E-state index in [4.69, 9.17) is 0 Å². The van der Waals surface area contributed by atoms with Gasteiger partial charge >= 0.3 is 0 Å². The van der Waals surface area contributed by atoms with Gasteiger partial charge in [0.15, 0.2) is 0 Å². The maximum atomic E-state index is 4.68. The van der Waals surface area contributed by atoms with Crippen molar-refractivity contribution < 1.29 is 0 Å². The highest BCUT2D eigenvalue weighted by Gasteiger charge is 2.18. The second-order valence-electron chi connectivity index (χ2n) is 9.83. The van der Waals surface area contributed by atoms with Crippen molar-refractivity contribution in [1.82, 2.24) is 29.7 Å². The van der Waals surface area contributed by atoms with E-state index >= 15 is 0 Å². The normalized spacial score (nSPS) is 17.6. The summed E-state index contributed by atoms with van der Waals surface area (Å²) >= 11 is 0. The molecule has 9 heteroatoms. The highest BCUT2D eigenvalue weighted by molar-refractivity contribution is 5.95. The highest BCUT2D eigenvalue weighted by atomic mass is 15.3. The van der Waals surface area contributed by atoms with E-state index in [-0.39, 0.29) is 0 Å². The molecular weight excluding hydrogens is 450 g/mol. The van der Waals surface area contributed by atoms with Gasteiger partial charge in [-0.25, -0.2) is 15.0 Å². The zero-order chi connectivity index (χ0) is 24.5. The van der Waals surface area contributed by atoms with Gasteiger partial charge in [0.25, 0.3) is 0 Å². The lowest BCUT2D eigenvalue weighted by Crippen LogP contribution is -2.44. The van der Waals surface area contributed by atoms with Crippen molar-refractivity contribution in [3.8, 4) is 11.1 Å². The first-order valence-corrected chi connectivity index (χ1v) is 12.7. The number of nitrogens with one attached hydrogen (secondary N) is 2. The van der Waals surface area contributed by atoms with Crippen LogP contribution in [-0.2, 0) is 0 Å². The summed E-state index contributed by atoms with van der Waals surface area (Å²) in [4.78, 5) is 26.7. The van der Waals surface area contributed by atoms with Crippen molar-refractivity contribution >= 4 is 34.0 Å². The third kappa shape index (κ3) is 4.72. The zero-order valence-corrected chi connectivity index (χ0v) is 21.0. The number of aromatic nitrogens is 4. The summed E-state index contributed by atoms with van der Waals surface area (Å²) in [6.07, 6.45) is 7.71. The smallest absolute Gasteiger partial charge is 0.138 e. The van der Waals surface area contributed by atoms with Gasteiger partial charge in [-0.3, -0.25) is 0 Å². The van der Waals surface area contributed by atoms with E-state index in [9.17, 15) is 0 Å². The Kier molecular flexibility index (Phi) is 6.16. The minimum absolute atomic E-state index is 0.876. The predicted molar refractivity (Wildman–Crippen MR) is 146 cm³/mol. The fraction of sp³-hybridized carbons (Fsp3) is 0.370. The Morgan fingerprint density at radius 3 is 2.06 bits per heavy atom. The summed E-state index contributed by atoms with van der Waals surface area (Å²) in [5, 5.41) is 4.63. The van der Waals surface area contributed by atoms with Gasteiger partial charge in [-0.2, -0.15) is 0 Å². The number of hydrogen-bond donors (Lipinski definition) is 2. The topological polar surface area (TPSA) is 79.5 Å². The molecule has 2 aliphatic heterocycles. The van der Waals surface area contributed by atoms with Crippen LogP contribution in [0, 0.1) is 0 Å². The molecule has 0 radical (unpaired) electrons. The SMILES string of the molecule is CN1CCN(c2cc(Nc3cnc4[nH]cc(-c5ccnc(N6CCN(C)CC6)c5)c4c3)ccn2)CC1. The molecular formula is C27H33N9. The number of fused-ring (bicyclic) bond motifs is 1. The van der Waals surface area contributed by atoms with Crippen molar-refractivity contribution in [3.63, 3.8) is 0 Å². The molecule has 186 valence electrons. The van der Waals surface area contributed by atoms with Crippen LogP contribution < -0.4 is 15.1 Å². The molecule has 0 amide bonds. The van der Waals surface area contributed by atoms with Gasteiger partial charge in [0, 0.05) is 93.7 Å². The van der Waals surface area contributed by atoms with Crippen LogP contribution in [0.25, 0.3) is 22.2 Å². The van der Waals surface area contributed by atoms with E-state index in [1.54, 1.807) is 0 Å². The lowest BCUT2D eigenvalue weighted by molar-refractivity contribution is 0.312. The Balaban J connectivity index is 1.24. The molecule has 2 fully saturated rings. The second kappa shape index (κ2) is 9.75. The van der Waals surface area contributed by atoms with Crippen LogP contribution in [-0.4, -0.2) is 96.2 Å². The fourth-order valence-electron chi connectivity index (χ4n) is 4.98. The Morgan fingerprint density at radius 2 is 1.36 bits per heavy atom. The largest absolute Gasteiger partial charge is 0.354 e. The Bertz CT molecular complexity index is 1330. The van der Waals surface area contributed by atoms with Crippen LogP contribution in [0.5, 0.6) is 0 Å². The van der Waals surface area contributed by atoms with E-state index < -0.39 is 0 Å². The van der Waals surface area contributed by atoms with Gasteiger partial charge in [0.1, 0.15) is 17.3 Å². The first-order chi connectivity index (χ1) is 17.6. The number of nitrogens with zero attached hydrogens (tertiary/aromatic N) is 7. The number of piperazine rings is 2. The Morgan fingerprint density at radius 1 is 0.722 bits per heavy atom. The standard InChI is InChI=1S/C27H33N9/c1-33-7-11-35(12-8-33)25-15-20(3-5-28-25)24-19-31-27-23(24)16-22(18-30-27)32-21-4-6-29-26(17-21)36-13-9-34(2)10-14-36/h3-6,15-19H,7-14H2,1-2H3,(H,29,32)(H,30,31). The summed E-state index contributed by atoms with van der Waals surface area (Å²) in [5.41, 5.74) is 5.11. The van der Waals surface area contributed by atoms with Gasteiger partial charge in [-0.05, 0) is 43.9 Å². The van der Waals surface area contributed by atoms with E-state index in [1.165, 1.54) is 0 Å². The van der Waals surface area contributed by atoms with Crippen LogP contribution in [0.3, 0.4) is 0 Å². The summed E-state index contributed by atoms with van der Waals surface area (Å²) in [5.74, 6) is 2.04. The summed E-state index contributed by atoms with van der Waals surface area (Å²) < 4.78 is 0. The average Bonchev–Trinajstić information content (AvgIpc) is 3.33. The molecule has 2 N–H and O–H groups in total. The molecule has 4 aromatic heterocycles. The molecule has 0 atom stereocenters. The first-order valence-electron chi connectivity index (χ1n) is 12.7. The van der Waals surface area contributed by atoms with E-state index in [0.29, 0.717) is 0 Å². The summed E-state index contributed by atoms with van der Waals surface area (Å²) in [6, 6.07) is 10.6. The third-order valence-corrected chi connectivity index (χ3v) is 7.28. The summed E-state index contributed by atoms with van der Waals surface area (Å²) in [7, 11) is 4.34. The highest BCUT2D eigenvalue weighted by Crippen LogP contribution is 2.32. The van der Waals surface area contributed by atoms with Crippen LogP contribution in [0.1, 0.15) is 0 Å². The third-order valence-electron chi connectivity index (χ3n) is 7.28. The molecule has 0 aromatic carbocycles. The molecule has 6 heterocycles. The lowest BCUT2D eigenvalue weighted by atomic mass is 10.1. The minimum Gasteiger partial charge on any atom is -0.354 e. The molecule has 0 spiro atoms. The molecule has 6 rings (SSSR count). The van der Waals surface area contributed by atoms with Crippen molar-refractivity contribution in [2.75, 3.05) is 81.6 Å². The lowest BCUT2D eigenvalue weighted by Gasteiger charge is -2.33. The van der Waals surface area contributed by atoms with Crippen molar-refractivity contribution in [2.45, 2.75) is 0 Å². The molecule has 36 heavy (non-hydrogen) atoms. The van der Waals surface area contributed by atoms with Gasteiger partial charge in [0.2, 0.25) is 0 Å². The van der Waals surface area contributed by atoms with Gasteiger partial charge in [-0.15, -0.1) is 0 Å². The number of pyridine rings is 3. The monoisotopic (exact) mass is 483 g/mol. The molecule has 9 nitrogen and oxygen atoms in total. The Hall–Kier alpha value is -3.69. The fourth-order valence-corrected chi connectivity index (χ4v) is 4.98. The molecule has 2 aliphatic rings. The van der Waals surface area contributed by atoms with Crippen LogP contribution >= 0.6 is 0 Å². The van der Waals surface area contributed by atoms with Gasteiger partial charge in [-0.1, -0.05) is 0 Å². The van der Waals surface area contributed by atoms with E-state index in [1.807, 2.05) is 30.9 Å². The number of hydrogen-bond acceptors (Lipinski definition) is 8. The van der Waals surface area contributed by atoms with Gasteiger partial charge in [0.05, 0.1) is 11.9 Å². The van der Waals surface area contributed by atoms with Crippen LogP contribution in [0.2, 0.25) is 0 Å². The second-order valence-corrected chi connectivity index (χ2v) is 9.83. The Labute approximate surface area is 211 Å². The maximum Gasteiger partial charge on any atom is 0.138 e. The maximum absolute atomic E-state index is 4.68. The van der Waals surface area contributed by atoms with Crippen molar-refractivity contribution in [3.05, 3.63) is 55.1 Å². The molecule has 0 aliphatic carbocycles. The number of likely N-dealkylation sites (N-methyl/N-ethyl adjacent to an activating group) is 2. The first kappa shape index (κ1) is 22.8. The molecule has 0 unspecified atom stereocenters. The summed E-state index contributed by atoms with van der Waals surface area (Å²) in [6.45, 7) is 8.22. The van der Waals surface area contributed by atoms with E-state index in [0.717, 1.165) is 97.5 Å². The average molecular weight is 484 g/mol.